The molecule has 0 radical (unpaired) electrons. The third-order valence-corrected chi connectivity index (χ3v) is 1.72. The monoisotopic (exact) mass is 228 g/mol. The number of halogens is 7. The van der Waals surface area contributed by atoms with E-state index < -0.39 is 24.0 Å². The van der Waals surface area contributed by atoms with Gasteiger partial charge in [0.05, 0.1) is 0 Å². The van der Waals surface area contributed by atoms with Crippen LogP contribution in [-0.4, -0.2) is 31.1 Å². The van der Waals surface area contributed by atoms with E-state index in [0.29, 0.717) is 7.11 Å². The van der Waals surface area contributed by atoms with Gasteiger partial charge in [-0.3, -0.25) is 4.74 Å². The van der Waals surface area contributed by atoms with Crippen LogP contribution in [0.25, 0.3) is 0 Å². The Hall–Kier alpha value is -0.570. The maximum atomic E-state index is 12.7. The molecule has 1 saturated heterocycles. The maximum Gasteiger partial charge on any atom is 0.435 e. The molecule has 1 aliphatic heterocycles. The minimum Gasteiger partial charge on any atom is -0.324 e. The van der Waals surface area contributed by atoms with Gasteiger partial charge in [-0.2, -0.15) is 30.7 Å². The van der Waals surface area contributed by atoms with Crippen LogP contribution in [-0.2, 0) is 9.47 Å². The van der Waals surface area contributed by atoms with Crippen molar-refractivity contribution in [3.63, 3.8) is 0 Å². The Morgan fingerprint density at radius 1 is 1.00 bits per heavy atom. The van der Waals surface area contributed by atoms with Crippen LogP contribution in [0.15, 0.2) is 0 Å². The number of epoxide rings is 1. The molecule has 1 heterocycles. The van der Waals surface area contributed by atoms with Crippen molar-refractivity contribution in [3.8, 4) is 0 Å². The van der Waals surface area contributed by atoms with Crippen molar-refractivity contribution in [2.75, 3.05) is 7.11 Å². The van der Waals surface area contributed by atoms with Gasteiger partial charge in [-0.15, -0.1) is 0 Å². The van der Waals surface area contributed by atoms with Gasteiger partial charge in [0, 0.05) is 7.11 Å². The predicted octanol–water partition coefficient (Wildman–Crippen LogP) is 2.15. The zero-order valence-corrected chi connectivity index (χ0v) is 6.46. The first kappa shape index (κ1) is 11.5. The van der Waals surface area contributed by atoms with Gasteiger partial charge in [0.15, 0.2) is 0 Å². The Bertz CT molecular complexity index is 229. The Labute approximate surface area is 72.6 Å². The molecule has 0 saturated carbocycles. The fraction of sp³-hybridized carbons (Fsp3) is 1.00. The molecule has 0 bridgehead atoms. The van der Waals surface area contributed by atoms with Crippen LogP contribution < -0.4 is 0 Å². The summed E-state index contributed by atoms with van der Waals surface area (Å²) in [4.78, 5) is 0. The smallest absolute Gasteiger partial charge is 0.324 e. The maximum absolute atomic E-state index is 12.7. The molecule has 0 aromatic heterocycles. The first-order chi connectivity index (χ1) is 6.02. The molecular formula is C5H3F7O2. The van der Waals surface area contributed by atoms with E-state index in [-0.39, 0.29) is 0 Å². The fourth-order valence-electron chi connectivity index (χ4n) is 0.972. The SMILES string of the molecule is COC1(F)OC1(C(F)(F)F)C(F)(F)F. The van der Waals surface area contributed by atoms with Crippen molar-refractivity contribution in [3.05, 3.63) is 0 Å². The van der Waals surface area contributed by atoms with Crippen LogP contribution in [0.5, 0.6) is 0 Å². The van der Waals surface area contributed by atoms with E-state index in [0.717, 1.165) is 0 Å². The topological polar surface area (TPSA) is 21.8 Å². The van der Waals surface area contributed by atoms with E-state index in [2.05, 4.69) is 9.47 Å². The van der Waals surface area contributed by atoms with Crippen molar-refractivity contribution >= 4 is 0 Å². The van der Waals surface area contributed by atoms with Crippen molar-refractivity contribution in [2.45, 2.75) is 24.0 Å². The lowest BCUT2D eigenvalue weighted by molar-refractivity contribution is -0.301. The molecule has 0 aromatic carbocycles. The fourth-order valence-corrected chi connectivity index (χ4v) is 0.972. The summed E-state index contributed by atoms with van der Waals surface area (Å²) in [5.74, 6) is 0. The Morgan fingerprint density at radius 2 is 1.36 bits per heavy atom. The van der Waals surface area contributed by atoms with E-state index in [9.17, 15) is 30.7 Å². The highest BCUT2D eigenvalue weighted by molar-refractivity contribution is 5.14. The Kier molecular flexibility index (Phi) is 2.06. The highest BCUT2D eigenvalue weighted by Gasteiger charge is 2.97. The van der Waals surface area contributed by atoms with Gasteiger partial charge < -0.3 is 4.74 Å². The average Bonchev–Trinajstić information content (AvgIpc) is 2.57. The van der Waals surface area contributed by atoms with E-state index in [4.69, 9.17) is 0 Å². The molecule has 1 unspecified atom stereocenters. The molecule has 1 rings (SSSR count). The van der Waals surface area contributed by atoms with Crippen molar-refractivity contribution in [1.82, 2.24) is 0 Å². The number of methoxy groups -OCH3 is 1. The third kappa shape index (κ3) is 1.11. The summed E-state index contributed by atoms with van der Waals surface area (Å²) in [7, 11) is 0.346. The zero-order chi connectivity index (χ0) is 11.4. The number of ether oxygens (including phenoxy) is 2. The van der Waals surface area contributed by atoms with Gasteiger partial charge in [0.25, 0.3) is 0 Å². The zero-order valence-electron chi connectivity index (χ0n) is 6.46. The summed E-state index contributed by atoms with van der Waals surface area (Å²) < 4.78 is 90.5. The number of hydrogen-bond donors (Lipinski definition) is 0. The summed E-state index contributed by atoms with van der Waals surface area (Å²) in [5.41, 5.74) is -4.86. The highest BCUT2D eigenvalue weighted by atomic mass is 19.4. The van der Waals surface area contributed by atoms with E-state index >= 15 is 0 Å². The van der Waals surface area contributed by atoms with Gasteiger partial charge in [-0.1, -0.05) is 0 Å². The summed E-state index contributed by atoms with van der Waals surface area (Å²) in [5, 5.41) is 0. The highest BCUT2D eigenvalue weighted by Crippen LogP contribution is 2.66. The molecule has 2 nitrogen and oxygen atoms in total. The van der Waals surface area contributed by atoms with Gasteiger partial charge >= 0.3 is 24.0 Å². The van der Waals surface area contributed by atoms with Gasteiger partial charge in [-0.05, 0) is 0 Å². The van der Waals surface area contributed by atoms with Crippen LogP contribution in [0.2, 0.25) is 0 Å². The van der Waals surface area contributed by atoms with Crippen molar-refractivity contribution in [2.24, 2.45) is 0 Å². The summed E-state index contributed by atoms with van der Waals surface area (Å²) in [6.07, 6.45) is -11.8. The van der Waals surface area contributed by atoms with E-state index in [1.807, 2.05) is 0 Å². The second-order valence-corrected chi connectivity index (χ2v) is 2.52. The molecule has 1 fully saturated rings. The second-order valence-electron chi connectivity index (χ2n) is 2.52. The molecule has 0 spiro atoms. The molecule has 1 atom stereocenters. The van der Waals surface area contributed by atoms with Crippen LogP contribution in [0.3, 0.4) is 0 Å². The van der Waals surface area contributed by atoms with Crippen molar-refractivity contribution < 1.29 is 40.2 Å². The molecular weight excluding hydrogens is 225 g/mol. The van der Waals surface area contributed by atoms with E-state index in [1.165, 1.54) is 0 Å². The lowest BCUT2D eigenvalue weighted by Gasteiger charge is -2.19. The summed E-state index contributed by atoms with van der Waals surface area (Å²) in [6.45, 7) is 0. The van der Waals surface area contributed by atoms with Crippen LogP contribution >= 0.6 is 0 Å². The summed E-state index contributed by atoms with van der Waals surface area (Å²) >= 11 is 0. The number of alkyl halides is 7. The lowest BCUT2D eigenvalue weighted by atomic mass is 10.1. The van der Waals surface area contributed by atoms with Crippen LogP contribution in [0.4, 0.5) is 30.7 Å². The third-order valence-electron chi connectivity index (χ3n) is 1.72. The first-order valence-corrected chi connectivity index (χ1v) is 3.09. The first-order valence-electron chi connectivity index (χ1n) is 3.09. The van der Waals surface area contributed by atoms with Crippen LogP contribution in [0.1, 0.15) is 0 Å². The predicted molar refractivity (Wildman–Crippen MR) is 26.8 cm³/mol. The second kappa shape index (κ2) is 2.51. The largest absolute Gasteiger partial charge is 0.435 e. The normalized spacial score (nSPS) is 31.7. The van der Waals surface area contributed by atoms with Gasteiger partial charge in [-0.25, -0.2) is 0 Å². The molecule has 0 amide bonds. The van der Waals surface area contributed by atoms with Gasteiger partial charge in [0.2, 0.25) is 0 Å². The molecule has 14 heavy (non-hydrogen) atoms. The quantitative estimate of drug-likeness (QED) is 0.506. The van der Waals surface area contributed by atoms with Crippen LogP contribution in [0, 0.1) is 0 Å². The number of hydrogen-bond acceptors (Lipinski definition) is 2. The molecule has 1 aliphatic rings. The molecule has 9 heteroatoms. The molecule has 0 aromatic rings. The Morgan fingerprint density at radius 3 is 1.43 bits per heavy atom. The molecule has 84 valence electrons. The summed E-state index contributed by atoms with van der Waals surface area (Å²) in [6, 6.07) is -4.18. The number of rotatable bonds is 1. The minimum absolute atomic E-state index is 0.346. The Balaban J connectivity index is 3.12. The lowest BCUT2D eigenvalue weighted by Crippen LogP contribution is -2.51. The van der Waals surface area contributed by atoms with Gasteiger partial charge in [0.1, 0.15) is 0 Å². The van der Waals surface area contributed by atoms with Crippen molar-refractivity contribution in [1.29, 1.82) is 0 Å². The average molecular weight is 228 g/mol. The van der Waals surface area contributed by atoms with E-state index in [1.54, 1.807) is 0 Å². The molecule has 0 aliphatic carbocycles. The minimum atomic E-state index is -5.92. The molecule has 0 N–H and O–H groups in total. The standard InChI is InChI=1S/C5H3F7O2/c1-13-5(12)2(14-5,3(6,7)8)4(9,10)11/h1H3.